The van der Waals surface area contributed by atoms with E-state index in [0.29, 0.717) is 24.6 Å². The molecule has 0 bridgehead atoms. The molecule has 11 heteroatoms. The highest BCUT2D eigenvalue weighted by atomic mass is 32.2. The number of sulfone groups is 1. The molecule has 2 aromatic rings. The Labute approximate surface area is 168 Å². The third kappa shape index (κ3) is 4.73. The molecule has 0 aliphatic carbocycles. The van der Waals surface area contributed by atoms with E-state index in [9.17, 15) is 22.7 Å². The average Bonchev–Trinajstić information content (AvgIpc) is 2.68. The van der Waals surface area contributed by atoms with Crippen LogP contribution in [-0.4, -0.2) is 60.5 Å². The molecule has 2 N–H and O–H groups in total. The molecule has 1 amide bonds. The Balaban J connectivity index is 1.82. The van der Waals surface area contributed by atoms with E-state index < -0.39 is 21.7 Å². The van der Waals surface area contributed by atoms with Crippen LogP contribution in [0.3, 0.4) is 0 Å². The van der Waals surface area contributed by atoms with E-state index in [-0.39, 0.29) is 16.7 Å². The second kappa shape index (κ2) is 8.19. The van der Waals surface area contributed by atoms with Gasteiger partial charge in [-0.2, -0.15) is 0 Å². The Morgan fingerprint density at radius 3 is 2.72 bits per heavy atom. The summed E-state index contributed by atoms with van der Waals surface area (Å²) in [7, 11) is -1.76. The number of likely N-dealkylation sites (tertiary alicyclic amines) is 1. The summed E-state index contributed by atoms with van der Waals surface area (Å²) in [6.07, 6.45) is 3.37. The first-order valence-corrected chi connectivity index (χ1v) is 10.9. The van der Waals surface area contributed by atoms with Crippen molar-refractivity contribution in [3.05, 3.63) is 36.4 Å². The first kappa shape index (κ1) is 20.8. The van der Waals surface area contributed by atoms with Gasteiger partial charge < -0.3 is 15.3 Å². The van der Waals surface area contributed by atoms with Crippen molar-refractivity contribution in [1.29, 1.82) is 0 Å². The van der Waals surface area contributed by atoms with Gasteiger partial charge in [-0.15, -0.1) is 0 Å². The molecule has 9 nitrogen and oxygen atoms in total. The number of piperidine rings is 1. The van der Waals surface area contributed by atoms with Gasteiger partial charge in [-0.05, 0) is 37.5 Å². The van der Waals surface area contributed by atoms with Gasteiger partial charge in [0.2, 0.25) is 0 Å². The number of carbonyl (C=O) groups is 1. The molecule has 0 radical (unpaired) electrons. The number of anilines is 3. The van der Waals surface area contributed by atoms with Crippen molar-refractivity contribution in [3.63, 3.8) is 0 Å². The maximum Gasteiger partial charge on any atom is 0.408 e. The molecule has 1 atom stereocenters. The highest BCUT2D eigenvalue weighted by molar-refractivity contribution is 7.90. The summed E-state index contributed by atoms with van der Waals surface area (Å²) >= 11 is 0. The van der Waals surface area contributed by atoms with Gasteiger partial charge in [0.15, 0.2) is 9.84 Å². The number of halogens is 1. The molecule has 1 aliphatic rings. The SMILES string of the molecule is CN(c1cc(Nc2ccc(S(C)(=O)=O)cc2F)ncn1)C1CCCCN1C(=O)O. The first-order chi connectivity index (χ1) is 13.7. The smallest absolute Gasteiger partial charge is 0.408 e. The highest BCUT2D eigenvalue weighted by Gasteiger charge is 2.30. The van der Waals surface area contributed by atoms with Gasteiger partial charge in [0.1, 0.15) is 29.9 Å². The van der Waals surface area contributed by atoms with E-state index >= 15 is 0 Å². The lowest BCUT2D eigenvalue weighted by atomic mass is 10.1. The lowest BCUT2D eigenvalue weighted by Crippen LogP contribution is -2.52. The second-order valence-corrected chi connectivity index (χ2v) is 8.88. The van der Waals surface area contributed by atoms with Crippen LogP contribution >= 0.6 is 0 Å². The fourth-order valence-electron chi connectivity index (χ4n) is 3.27. The summed E-state index contributed by atoms with van der Waals surface area (Å²) in [4.78, 5) is 22.8. The summed E-state index contributed by atoms with van der Waals surface area (Å²) in [6, 6.07) is 5.16. The van der Waals surface area contributed by atoms with E-state index in [1.54, 1.807) is 18.0 Å². The van der Waals surface area contributed by atoms with Gasteiger partial charge in [-0.25, -0.2) is 27.6 Å². The van der Waals surface area contributed by atoms with E-state index in [0.717, 1.165) is 25.2 Å². The van der Waals surface area contributed by atoms with Crippen molar-refractivity contribution in [1.82, 2.24) is 14.9 Å². The maximum absolute atomic E-state index is 14.3. The number of rotatable bonds is 5. The molecule has 0 spiro atoms. The number of hydrogen-bond donors (Lipinski definition) is 2. The van der Waals surface area contributed by atoms with Crippen LogP contribution in [0, 0.1) is 5.82 Å². The van der Waals surface area contributed by atoms with E-state index in [1.165, 1.54) is 23.4 Å². The fraction of sp³-hybridized carbons (Fsp3) is 0.389. The molecule has 29 heavy (non-hydrogen) atoms. The summed E-state index contributed by atoms with van der Waals surface area (Å²) in [6.45, 7) is 0.457. The van der Waals surface area contributed by atoms with Crippen molar-refractivity contribution in [3.8, 4) is 0 Å². The van der Waals surface area contributed by atoms with Crippen LogP contribution in [0.2, 0.25) is 0 Å². The van der Waals surface area contributed by atoms with Crippen molar-refractivity contribution in [2.45, 2.75) is 30.3 Å². The predicted octanol–water partition coefficient (Wildman–Crippen LogP) is 2.69. The van der Waals surface area contributed by atoms with Crippen LogP contribution in [-0.2, 0) is 9.84 Å². The van der Waals surface area contributed by atoms with Crippen molar-refractivity contribution >= 4 is 33.3 Å². The number of nitrogens with one attached hydrogen (secondary N) is 1. The zero-order valence-corrected chi connectivity index (χ0v) is 16.9. The largest absolute Gasteiger partial charge is 0.465 e. The van der Waals surface area contributed by atoms with Gasteiger partial charge in [0.25, 0.3) is 0 Å². The number of aromatic nitrogens is 2. The van der Waals surface area contributed by atoms with Gasteiger partial charge in [0.05, 0.1) is 10.6 Å². The quantitative estimate of drug-likeness (QED) is 0.754. The van der Waals surface area contributed by atoms with Crippen LogP contribution in [0.4, 0.5) is 26.5 Å². The first-order valence-electron chi connectivity index (χ1n) is 8.98. The van der Waals surface area contributed by atoms with E-state index in [4.69, 9.17) is 0 Å². The minimum atomic E-state index is -3.51. The normalized spacial score (nSPS) is 17.1. The van der Waals surface area contributed by atoms with Crippen molar-refractivity contribution in [2.75, 3.05) is 30.1 Å². The third-order valence-corrected chi connectivity index (χ3v) is 5.92. The molecule has 1 aromatic heterocycles. The lowest BCUT2D eigenvalue weighted by Gasteiger charge is -2.39. The molecule has 1 aliphatic heterocycles. The molecule has 0 saturated carbocycles. The van der Waals surface area contributed by atoms with Crippen LogP contribution in [0.15, 0.2) is 35.5 Å². The summed E-state index contributed by atoms with van der Waals surface area (Å²) in [5.41, 5.74) is 0.0644. The van der Waals surface area contributed by atoms with E-state index in [2.05, 4.69) is 15.3 Å². The Morgan fingerprint density at radius 2 is 2.07 bits per heavy atom. The monoisotopic (exact) mass is 423 g/mol. The Hall–Kier alpha value is -2.95. The zero-order chi connectivity index (χ0) is 21.2. The molecule has 1 saturated heterocycles. The van der Waals surface area contributed by atoms with Gasteiger partial charge >= 0.3 is 6.09 Å². The van der Waals surface area contributed by atoms with Gasteiger partial charge in [-0.3, -0.25) is 4.90 Å². The zero-order valence-electron chi connectivity index (χ0n) is 16.0. The van der Waals surface area contributed by atoms with E-state index in [1.807, 2.05) is 0 Å². The topological polar surface area (TPSA) is 116 Å². The molecule has 3 rings (SSSR count). The minimum absolute atomic E-state index is 0.0644. The molecule has 1 aromatic carbocycles. The molecule has 1 unspecified atom stereocenters. The van der Waals surface area contributed by atoms with Crippen LogP contribution in [0.25, 0.3) is 0 Å². The fourth-order valence-corrected chi connectivity index (χ4v) is 3.90. The second-order valence-electron chi connectivity index (χ2n) is 6.86. The molecular formula is C18H22FN5O4S. The standard InChI is InChI=1S/C18H22FN5O4S/c1-23(17-5-3-4-8-24(17)18(25)26)16-10-15(20-11-21-16)22-14-7-6-12(9-13(14)19)29(2,27)28/h6-7,9-11,17H,3-5,8H2,1-2H3,(H,25,26)(H,20,21,22). The maximum atomic E-state index is 14.3. The average molecular weight is 423 g/mol. The number of nitrogens with zero attached hydrogens (tertiary/aromatic N) is 4. The minimum Gasteiger partial charge on any atom is -0.465 e. The van der Waals surface area contributed by atoms with Crippen LogP contribution < -0.4 is 10.2 Å². The van der Waals surface area contributed by atoms with Crippen molar-refractivity contribution < 1.29 is 22.7 Å². The number of amides is 1. The van der Waals surface area contributed by atoms with Crippen molar-refractivity contribution in [2.24, 2.45) is 0 Å². The van der Waals surface area contributed by atoms with Gasteiger partial charge in [-0.1, -0.05) is 0 Å². The van der Waals surface area contributed by atoms with Gasteiger partial charge in [0, 0.05) is 25.9 Å². The molecule has 156 valence electrons. The Bertz CT molecular complexity index is 1020. The summed E-state index contributed by atoms with van der Waals surface area (Å²) in [5, 5.41) is 12.2. The van der Waals surface area contributed by atoms with Crippen LogP contribution in [0.5, 0.6) is 0 Å². The summed E-state index contributed by atoms with van der Waals surface area (Å²) < 4.78 is 37.4. The Morgan fingerprint density at radius 1 is 1.31 bits per heavy atom. The molecule has 2 heterocycles. The van der Waals surface area contributed by atoms with Crippen LogP contribution in [0.1, 0.15) is 19.3 Å². The number of benzene rings is 1. The highest BCUT2D eigenvalue weighted by Crippen LogP contribution is 2.26. The number of carboxylic acid groups (broad SMARTS) is 1. The third-order valence-electron chi connectivity index (χ3n) is 4.81. The molecule has 1 fully saturated rings. The lowest BCUT2D eigenvalue weighted by molar-refractivity contribution is 0.106. The molecular weight excluding hydrogens is 401 g/mol. The predicted molar refractivity (Wildman–Crippen MR) is 106 cm³/mol. The summed E-state index contributed by atoms with van der Waals surface area (Å²) in [5.74, 6) is 0.0464. The number of hydrogen-bond acceptors (Lipinski definition) is 7. The Kier molecular flexibility index (Phi) is 5.87.